The van der Waals surface area contributed by atoms with Crippen LogP contribution in [0.4, 0.5) is 17.1 Å². The Hall–Kier alpha value is -7.37. The molecule has 0 aliphatic heterocycles. The highest BCUT2D eigenvalue weighted by Crippen LogP contribution is 2.47. The summed E-state index contributed by atoms with van der Waals surface area (Å²) in [6.07, 6.45) is 0. The number of fused-ring (bicyclic) bond motifs is 5. The molecule has 0 saturated carbocycles. The highest BCUT2D eigenvalue weighted by Gasteiger charge is 2.23. The highest BCUT2D eigenvalue weighted by molar-refractivity contribution is 6.22. The van der Waals surface area contributed by atoms with Crippen molar-refractivity contribution in [3.63, 3.8) is 0 Å². The summed E-state index contributed by atoms with van der Waals surface area (Å²) in [6, 6.07) is 66.9. The molecule has 0 spiro atoms. The van der Waals surface area contributed by atoms with Crippen molar-refractivity contribution in [1.29, 1.82) is 0 Å². The van der Waals surface area contributed by atoms with E-state index >= 15 is 0 Å². The van der Waals surface area contributed by atoms with E-state index in [9.17, 15) is 0 Å². The van der Waals surface area contributed by atoms with Gasteiger partial charge in [-0.3, -0.25) is 0 Å². The molecular formula is C49H32N4O. The number of hydrogen-bond acceptors (Lipinski definition) is 5. The Labute approximate surface area is 312 Å². The van der Waals surface area contributed by atoms with Gasteiger partial charge in [0, 0.05) is 38.8 Å². The van der Waals surface area contributed by atoms with Gasteiger partial charge in [-0.2, -0.15) is 0 Å². The number of benzene rings is 8. The predicted octanol–water partition coefficient (Wildman–Crippen LogP) is 13.1. The molecule has 54 heavy (non-hydrogen) atoms. The van der Waals surface area contributed by atoms with Crippen molar-refractivity contribution in [3.8, 4) is 45.3 Å². The second-order valence-corrected chi connectivity index (χ2v) is 13.3. The van der Waals surface area contributed by atoms with Gasteiger partial charge in [0.2, 0.25) is 0 Å². The van der Waals surface area contributed by atoms with Crippen LogP contribution in [-0.4, -0.2) is 15.0 Å². The Morgan fingerprint density at radius 2 is 0.907 bits per heavy atom. The quantitative estimate of drug-likeness (QED) is 0.166. The van der Waals surface area contributed by atoms with Crippen LogP contribution in [-0.2, 0) is 0 Å². The molecule has 0 aliphatic rings. The fraction of sp³-hybridized carbons (Fsp3) is 0. The maximum atomic E-state index is 6.82. The minimum absolute atomic E-state index is 0.594. The van der Waals surface area contributed by atoms with Crippen LogP contribution in [0.3, 0.4) is 0 Å². The zero-order chi connectivity index (χ0) is 35.8. The van der Waals surface area contributed by atoms with Crippen LogP contribution < -0.4 is 4.90 Å². The molecule has 5 heteroatoms. The molecule has 2 heterocycles. The summed E-state index contributed by atoms with van der Waals surface area (Å²) in [5.74, 6) is 1.84. The first kappa shape index (κ1) is 31.4. The van der Waals surface area contributed by atoms with E-state index in [1.54, 1.807) is 0 Å². The van der Waals surface area contributed by atoms with E-state index in [1.165, 1.54) is 0 Å². The Kier molecular flexibility index (Phi) is 7.73. The molecule has 254 valence electrons. The molecule has 0 bridgehead atoms. The van der Waals surface area contributed by atoms with E-state index in [1.807, 2.05) is 72.8 Å². The van der Waals surface area contributed by atoms with Crippen LogP contribution in [0.5, 0.6) is 0 Å². The minimum Gasteiger partial charge on any atom is -0.455 e. The fourth-order valence-electron chi connectivity index (χ4n) is 7.30. The molecule has 10 rings (SSSR count). The van der Waals surface area contributed by atoms with Crippen molar-refractivity contribution in [2.45, 2.75) is 0 Å². The van der Waals surface area contributed by atoms with Crippen LogP contribution in [0.15, 0.2) is 199 Å². The lowest BCUT2D eigenvalue weighted by Crippen LogP contribution is -2.10. The largest absolute Gasteiger partial charge is 0.455 e. The lowest BCUT2D eigenvalue weighted by molar-refractivity contribution is 0.672. The third-order valence-electron chi connectivity index (χ3n) is 9.87. The van der Waals surface area contributed by atoms with E-state index in [0.29, 0.717) is 17.5 Å². The van der Waals surface area contributed by atoms with Crippen molar-refractivity contribution in [3.05, 3.63) is 194 Å². The van der Waals surface area contributed by atoms with Crippen molar-refractivity contribution >= 4 is 49.8 Å². The van der Waals surface area contributed by atoms with Gasteiger partial charge in [-0.1, -0.05) is 146 Å². The lowest BCUT2D eigenvalue weighted by Gasteiger charge is -2.27. The maximum absolute atomic E-state index is 6.82. The first-order valence-corrected chi connectivity index (χ1v) is 18.0. The highest BCUT2D eigenvalue weighted by atomic mass is 16.3. The average Bonchev–Trinajstić information content (AvgIpc) is 3.65. The number of anilines is 3. The summed E-state index contributed by atoms with van der Waals surface area (Å²) in [6.45, 7) is 0. The Morgan fingerprint density at radius 1 is 0.370 bits per heavy atom. The normalized spacial score (nSPS) is 11.3. The number of nitrogens with zero attached hydrogens (tertiary/aromatic N) is 4. The smallest absolute Gasteiger partial charge is 0.164 e. The van der Waals surface area contributed by atoms with Crippen LogP contribution >= 0.6 is 0 Å². The van der Waals surface area contributed by atoms with Gasteiger partial charge in [0.05, 0.1) is 11.1 Å². The SMILES string of the molecule is c1ccc(-c2cccc(N(c3ccccc3)c3cc4ccccc4c4oc5ccc(-c6nc(-c7ccccc7)nc(-c7ccccc7)n6)cc5c34)c2)cc1. The molecule has 0 atom stereocenters. The van der Waals surface area contributed by atoms with Gasteiger partial charge in [0.15, 0.2) is 17.5 Å². The molecule has 0 N–H and O–H groups in total. The van der Waals surface area contributed by atoms with E-state index in [-0.39, 0.29) is 0 Å². The molecule has 0 saturated heterocycles. The van der Waals surface area contributed by atoms with Gasteiger partial charge in [-0.05, 0) is 65.0 Å². The Morgan fingerprint density at radius 3 is 1.57 bits per heavy atom. The number of aromatic nitrogens is 3. The van der Waals surface area contributed by atoms with Crippen molar-refractivity contribution in [1.82, 2.24) is 15.0 Å². The fourth-order valence-corrected chi connectivity index (χ4v) is 7.30. The molecule has 0 fully saturated rings. The van der Waals surface area contributed by atoms with Gasteiger partial charge in [0.25, 0.3) is 0 Å². The van der Waals surface area contributed by atoms with Crippen LogP contribution in [0.1, 0.15) is 0 Å². The molecule has 8 aromatic carbocycles. The van der Waals surface area contributed by atoms with E-state index in [2.05, 4.69) is 126 Å². The minimum atomic E-state index is 0.594. The standard InChI is InChI=1S/C49H32N4O/c1-5-16-33(17-6-1)36-23-15-26-40(30-36)53(39-24-11-4-12-25-39)43-32-37-22-13-14-27-41(37)46-45(43)42-31-38(28-29-44(42)54-46)49-51-47(34-18-7-2-8-19-34)50-48(52-49)35-20-9-3-10-21-35/h1-32H. The molecule has 0 radical (unpaired) electrons. The monoisotopic (exact) mass is 692 g/mol. The van der Waals surface area contributed by atoms with E-state index < -0.39 is 0 Å². The van der Waals surface area contributed by atoms with Crippen molar-refractivity contribution < 1.29 is 4.42 Å². The van der Waals surface area contributed by atoms with Gasteiger partial charge < -0.3 is 9.32 Å². The van der Waals surface area contributed by atoms with Gasteiger partial charge in [-0.15, -0.1) is 0 Å². The molecule has 0 amide bonds. The molecule has 0 aliphatic carbocycles. The first-order chi connectivity index (χ1) is 26.8. The second-order valence-electron chi connectivity index (χ2n) is 13.3. The van der Waals surface area contributed by atoms with Crippen LogP contribution in [0.25, 0.3) is 78.0 Å². The van der Waals surface area contributed by atoms with Crippen molar-refractivity contribution in [2.75, 3.05) is 4.90 Å². The zero-order valence-corrected chi connectivity index (χ0v) is 29.2. The summed E-state index contributed by atoms with van der Waals surface area (Å²) in [5.41, 5.74) is 9.76. The Balaban J connectivity index is 1.23. The number of para-hydroxylation sites is 1. The molecule has 5 nitrogen and oxygen atoms in total. The number of furan rings is 1. The maximum Gasteiger partial charge on any atom is 0.164 e. The van der Waals surface area contributed by atoms with E-state index in [0.717, 1.165) is 77.6 Å². The topological polar surface area (TPSA) is 55.1 Å². The molecule has 10 aromatic rings. The average molecular weight is 693 g/mol. The molecular weight excluding hydrogens is 661 g/mol. The number of hydrogen-bond donors (Lipinski definition) is 0. The van der Waals surface area contributed by atoms with Gasteiger partial charge >= 0.3 is 0 Å². The summed E-state index contributed by atoms with van der Waals surface area (Å²) >= 11 is 0. The zero-order valence-electron chi connectivity index (χ0n) is 29.2. The van der Waals surface area contributed by atoms with E-state index in [4.69, 9.17) is 19.4 Å². The predicted molar refractivity (Wildman–Crippen MR) is 221 cm³/mol. The van der Waals surface area contributed by atoms with Crippen LogP contribution in [0, 0.1) is 0 Å². The van der Waals surface area contributed by atoms with Gasteiger partial charge in [0.1, 0.15) is 11.2 Å². The summed E-state index contributed by atoms with van der Waals surface area (Å²) in [4.78, 5) is 17.4. The lowest BCUT2D eigenvalue weighted by atomic mass is 10.00. The van der Waals surface area contributed by atoms with Gasteiger partial charge in [-0.25, -0.2) is 15.0 Å². The second kappa shape index (κ2) is 13.3. The summed E-state index contributed by atoms with van der Waals surface area (Å²) in [7, 11) is 0. The van der Waals surface area contributed by atoms with Crippen molar-refractivity contribution in [2.24, 2.45) is 0 Å². The summed E-state index contributed by atoms with van der Waals surface area (Å²) in [5, 5.41) is 4.14. The number of rotatable bonds is 7. The third-order valence-corrected chi connectivity index (χ3v) is 9.87. The Bertz CT molecular complexity index is 2870. The first-order valence-electron chi connectivity index (χ1n) is 18.0. The third kappa shape index (κ3) is 5.65. The molecule has 0 unspecified atom stereocenters. The summed E-state index contributed by atoms with van der Waals surface area (Å²) < 4.78 is 6.82. The molecule has 2 aromatic heterocycles. The van der Waals surface area contributed by atoms with Crippen LogP contribution in [0.2, 0.25) is 0 Å².